The molecule has 1 unspecified atom stereocenters. The molecule has 0 aromatic carbocycles. The van der Waals surface area contributed by atoms with Gasteiger partial charge >= 0.3 is 0 Å². The summed E-state index contributed by atoms with van der Waals surface area (Å²) in [5.41, 5.74) is 1.29. The topological polar surface area (TPSA) is 50.3 Å². The van der Waals surface area contributed by atoms with Gasteiger partial charge in [-0.15, -0.1) is 0 Å². The fourth-order valence-electron chi connectivity index (χ4n) is 3.02. The number of hydrogen-bond donors (Lipinski definition) is 0. The fourth-order valence-corrected chi connectivity index (χ4v) is 4.98. The number of nitrogens with zero attached hydrogens (tertiary/aromatic N) is 2. The Morgan fingerprint density at radius 2 is 1.90 bits per heavy atom. The molecule has 4 nitrogen and oxygen atoms in total. The van der Waals surface area contributed by atoms with Gasteiger partial charge in [-0.3, -0.25) is 4.98 Å². The number of sulfonamides is 1. The van der Waals surface area contributed by atoms with Crippen molar-refractivity contribution in [2.45, 2.75) is 49.7 Å². The standard InChI is InChI=1S/C15H22N2O2S/c1-15(7-8-15)20(18,19)17-11-2-3-13(6-12-17)14-4-9-16-10-5-14/h4-5,9-10,13H,2-3,6-8,11-12H2,1H3. The highest BCUT2D eigenvalue weighted by Crippen LogP contribution is 2.45. The van der Waals surface area contributed by atoms with Gasteiger partial charge in [0.1, 0.15) is 0 Å². The highest BCUT2D eigenvalue weighted by atomic mass is 32.2. The van der Waals surface area contributed by atoms with Gasteiger partial charge in [-0.25, -0.2) is 12.7 Å². The van der Waals surface area contributed by atoms with Gasteiger partial charge in [-0.05, 0) is 62.6 Å². The van der Waals surface area contributed by atoms with Crippen LogP contribution in [0.1, 0.15) is 50.5 Å². The van der Waals surface area contributed by atoms with E-state index >= 15 is 0 Å². The molecule has 0 radical (unpaired) electrons. The maximum Gasteiger partial charge on any atom is 0.219 e. The summed E-state index contributed by atoms with van der Waals surface area (Å²) >= 11 is 0. The van der Waals surface area contributed by atoms with E-state index in [0.29, 0.717) is 19.0 Å². The number of aromatic nitrogens is 1. The predicted octanol–water partition coefficient (Wildman–Crippen LogP) is 2.53. The molecule has 3 rings (SSSR count). The molecule has 2 fully saturated rings. The molecule has 2 heterocycles. The quantitative estimate of drug-likeness (QED) is 0.861. The van der Waals surface area contributed by atoms with Crippen LogP contribution in [0, 0.1) is 0 Å². The van der Waals surface area contributed by atoms with Crippen LogP contribution in [-0.2, 0) is 10.0 Å². The molecule has 1 saturated carbocycles. The Morgan fingerprint density at radius 3 is 2.55 bits per heavy atom. The molecule has 1 aromatic rings. The highest BCUT2D eigenvalue weighted by Gasteiger charge is 2.52. The molecular weight excluding hydrogens is 272 g/mol. The van der Waals surface area contributed by atoms with Gasteiger partial charge in [0.05, 0.1) is 4.75 Å². The molecule has 1 aromatic heterocycles. The summed E-state index contributed by atoms with van der Waals surface area (Å²) in [6.07, 6.45) is 8.20. The van der Waals surface area contributed by atoms with E-state index in [2.05, 4.69) is 17.1 Å². The zero-order valence-electron chi connectivity index (χ0n) is 12.0. The van der Waals surface area contributed by atoms with E-state index in [1.54, 1.807) is 4.31 Å². The van der Waals surface area contributed by atoms with E-state index in [-0.39, 0.29) is 0 Å². The summed E-state index contributed by atoms with van der Waals surface area (Å²) in [4.78, 5) is 4.05. The van der Waals surface area contributed by atoms with Crippen molar-refractivity contribution in [3.63, 3.8) is 0 Å². The van der Waals surface area contributed by atoms with Crippen LogP contribution in [0.3, 0.4) is 0 Å². The molecule has 1 aliphatic carbocycles. The van der Waals surface area contributed by atoms with Gasteiger partial charge < -0.3 is 0 Å². The second-order valence-electron chi connectivity index (χ2n) is 6.26. The minimum atomic E-state index is -3.10. The molecule has 0 N–H and O–H groups in total. The SMILES string of the molecule is CC1(S(=O)(=O)N2CCCC(c3ccncc3)CC2)CC1. The van der Waals surface area contributed by atoms with Crippen molar-refractivity contribution in [2.75, 3.05) is 13.1 Å². The van der Waals surface area contributed by atoms with Crippen molar-refractivity contribution in [1.29, 1.82) is 0 Å². The number of rotatable bonds is 3. The predicted molar refractivity (Wildman–Crippen MR) is 79.0 cm³/mol. The summed E-state index contributed by atoms with van der Waals surface area (Å²) in [7, 11) is -3.10. The molecule has 2 aliphatic rings. The molecule has 0 spiro atoms. The van der Waals surface area contributed by atoms with E-state index in [9.17, 15) is 8.42 Å². The Balaban J connectivity index is 1.72. The van der Waals surface area contributed by atoms with Gasteiger partial charge in [0.2, 0.25) is 10.0 Å². The van der Waals surface area contributed by atoms with Crippen LogP contribution in [0.2, 0.25) is 0 Å². The Morgan fingerprint density at radius 1 is 1.20 bits per heavy atom. The van der Waals surface area contributed by atoms with Crippen molar-refractivity contribution in [3.8, 4) is 0 Å². The van der Waals surface area contributed by atoms with Gasteiger partial charge in [0.15, 0.2) is 0 Å². The third-order valence-corrected chi connectivity index (χ3v) is 7.48. The van der Waals surface area contributed by atoms with Gasteiger partial charge in [-0.1, -0.05) is 0 Å². The maximum absolute atomic E-state index is 12.6. The van der Waals surface area contributed by atoms with Crippen molar-refractivity contribution in [2.24, 2.45) is 0 Å². The summed E-state index contributed by atoms with van der Waals surface area (Å²) in [5, 5.41) is 0. The summed E-state index contributed by atoms with van der Waals surface area (Å²) in [6.45, 7) is 3.22. The zero-order valence-corrected chi connectivity index (χ0v) is 12.8. The van der Waals surface area contributed by atoms with Crippen LogP contribution in [0.15, 0.2) is 24.5 Å². The van der Waals surface area contributed by atoms with E-state index in [1.165, 1.54) is 5.56 Å². The van der Waals surface area contributed by atoms with Crippen molar-refractivity contribution in [1.82, 2.24) is 9.29 Å². The summed E-state index contributed by atoms with van der Waals surface area (Å²) in [5.74, 6) is 0.463. The Bertz CT molecular complexity index is 567. The lowest BCUT2D eigenvalue weighted by Crippen LogP contribution is -2.39. The molecule has 20 heavy (non-hydrogen) atoms. The zero-order chi connectivity index (χ0) is 14.2. The third-order valence-electron chi connectivity index (χ3n) is 4.78. The second kappa shape index (κ2) is 5.11. The molecule has 1 saturated heterocycles. The van der Waals surface area contributed by atoms with Crippen LogP contribution in [0.4, 0.5) is 0 Å². The van der Waals surface area contributed by atoms with E-state index in [4.69, 9.17) is 0 Å². The van der Waals surface area contributed by atoms with Gasteiger partial charge in [-0.2, -0.15) is 0 Å². The normalized spacial score (nSPS) is 26.9. The molecule has 5 heteroatoms. The molecule has 0 amide bonds. The number of hydrogen-bond acceptors (Lipinski definition) is 3. The first kappa shape index (κ1) is 14.0. The lowest BCUT2D eigenvalue weighted by atomic mass is 9.93. The first-order valence-corrected chi connectivity index (χ1v) is 8.87. The van der Waals surface area contributed by atoms with Crippen molar-refractivity contribution >= 4 is 10.0 Å². The van der Waals surface area contributed by atoms with Crippen LogP contribution in [0.5, 0.6) is 0 Å². The van der Waals surface area contributed by atoms with Gasteiger partial charge in [0, 0.05) is 25.5 Å². The van der Waals surface area contributed by atoms with Crippen LogP contribution < -0.4 is 0 Å². The molecule has 0 bridgehead atoms. The fraction of sp³-hybridized carbons (Fsp3) is 0.667. The lowest BCUT2D eigenvalue weighted by molar-refractivity contribution is 0.413. The third kappa shape index (κ3) is 2.49. The Labute approximate surface area is 121 Å². The molecule has 1 aliphatic heterocycles. The van der Waals surface area contributed by atoms with Crippen molar-refractivity contribution < 1.29 is 8.42 Å². The largest absolute Gasteiger partial charge is 0.265 e. The molecule has 1 atom stereocenters. The highest BCUT2D eigenvalue weighted by molar-refractivity contribution is 7.90. The Kier molecular flexibility index (Phi) is 3.58. The van der Waals surface area contributed by atoms with E-state index in [1.807, 2.05) is 19.3 Å². The van der Waals surface area contributed by atoms with E-state index < -0.39 is 14.8 Å². The summed E-state index contributed by atoms with van der Waals surface area (Å²) < 4.78 is 26.4. The van der Waals surface area contributed by atoms with E-state index in [0.717, 1.165) is 32.1 Å². The smallest absolute Gasteiger partial charge is 0.219 e. The molecular formula is C15H22N2O2S. The first-order valence-electron chi connectivity index (χ1n) is 7.43. The first-order chi connectivity index (χ1) is 9.53. The maximum atomic E-state index is 12.6. The minimum absolute atomic E-state index is 0.463. The Hall–Kier alpha value is -0.940. The van der Waals surface area contributed by atoms with Gasteiger partial charge in [0.25, 0.3) is 0 Å². The van der Waals surface area contributed by atoms with Crippen molar-refractivity contribution in [3.05, 3.63) is 30.1 Å². The average Bonchev–Trinajstić information content (AvgIpc) is 3.23. The summed E-state index contributed by atoms with van der Waals surface area (Å²) in [6, 6.07) is 4.11. The average molecular weight is 294 g/mol. The van der Waals surface area contributed by atoms with Crippen LogP contribution in [0.25, 0.3) is 0 Å². The van der Waals surface area contributed by atoms with Crippen LogP contribution in [-0.4, -0.2) is 35.5 Å². The monoisotopic (exact) mass is 294 g/mol. The number of pyridine rings is 1. The van der Waals surface area contributed by atoms with Crippen LogP contribution >= 0.6 is 0 Å². The lowest BCUT2D eigenvalue weighted by Gasteiger charge is -2.24. The minimum Gasteiger partial charge on any atom is -0.265 e. The molecule has 110 valence electrons. The second-order valence-corrected chi connectivity index (χ2v) is 8.71.